The van der Waals surface area contributed by atoms with Crippen molar-refractivity contribution in [2.24, 2.45) is 0 Å². The number of nitrogens with one attached hydrogen (secondary N) is 1. The maximum Gasteiger partial charge on any atom is 0.165 e. The Balaban J connectivity index is 2.95. The maximum absolute atomic E-state index is 12.9. The van der Waals surface area contributed by atoms with E-state index in [2.05, 4.69) is 5.32 Å². The van der Waals surface area contributed by atoms with Crippen molar-refractivity contribution in [1.29, 1.82) is 5.26 Å². The minimum Gasteiger partial charge on any atom is -0.505 e. The van der Waals surface area contributed by atoms with Crippen molar-refractivity contribution in [3.8, 4) is 11.8 Å². The summed E-state index contributed by atoms with van der Waals surface area (Å²) in [5.41, 5.74) is 0.518. The Morgan fingerprint density at radius 3 is 2.86 bits per heavy atom. The van der Waals surface area contributed by atoms with Gasteiger partial charge in [-0.1, -0.05) is 13.0 Å². The van der Waals surface area contributed by atoms with E-state index in [1.807, 2.05) is 13.0 Å². The number of benzene rings is 1. The van der Waals surface area contributed by atoms with Gasteiger partial charge in [0.2, 0.25) is 0 Å². The third-order valence-electron chi connectivity index (χ3n) is 1.84. The van der Waals surface area contributed by atoms with Gasteiger partial charge in [0, 0.05) is 0 Å². The van der Waals surface area contributed by atoms with Crippen LogP contribution in [-0.2, 0) is 0 Å². The number of hydrogen-bond acceptors (Lipinski definition) is 3. The summed E-state index contributed by atoms with van der Waals surface area (Å²) in [6.07, 6.45) is 0. The monoisotopic (exact) mass is 194 g/mol. The lowest BCUT2D eigenvalue weighted by molar-refractivity contribution is 0.431. The van der Waals surface area contributed by atoms with E-state index in [9.17, 15) is 4.39 Å². The van der Waals surface area contributed by atoms with Crippen molar-refractivity contribution in [3.05, 3.63) is 29.6 Å². The first-order valence-corrected chi connectivity index (χ1v) is 4.30. The number of hydrogen-bond donors (Lipinski definition) is 2. The van der Waals surface area contributed by atoms with Gasteiger partial charge in [-0.05, 0) is 24.2 Å². The zero-order valence-corrected chi connectivity index (χ0v) is 7.79. The van der Waals surface area contributed by atoms with E-state index in [-0.39, 0.29) is 0 Å². The Morgan fingerprint density at radius 1 is 1.64 bits per heavy atom. The zero-order valence-electron chi connectivity index (χ0n) is 7.79. The molecular weight excluding hydrogens is 183 g/mol. The Hall–Kier alpha value is -1.60. The summed E-state index contributed by atoms with van der Waals surface area (Å²) in [4.78, 5) is 0. The molecule has 0 aliphatic rings. The molecule has 0 radical (unpaired) electrons. The van der Waals surface area contributed by atoms with Gasteiger partial charge in [-0.15, -0.1) is 0 Å². The fourth-order valence-corrected chi connectivity index (χ4v) is 1.14. The van der Waals surface area contributed by atoms with E-state index in [4.69, 9.17) is 10.4 Å². The Morgan fingerprint density at radius 2 is 2.36 bits per heavy atom. The first kappa shape index (κ1) is 10.5. The highest BCUT2D eigenvalue weighted by Gasteiger charge is 2.10. The highest BCUT2D eigenvalue weighted by molar-refractivity contribution is 5.32. The zero-order chi connectivity index (χ0) is 10.6. The van der Waals surface area contributed by atoms with Crippen molar-refractivity contribution in [2.75, 3.05) is 6.54 Å². The summed E-state index contributed by atoms with van der Waals surface area (Å²) in [5.74, 6) is -1.11. The lowest BCUT2D eigenvalue weighted by atomic mass is 10.1. The lowest BCUT2D eigenvalue weighted by Crippen LogP contribution is -2.19. The molecule has 4 heteroatoms. The van der Waals surface area contributed by atoms with Crippen molar-refractivity contribution in [2.45, 2.75) is 13.0 Å². The third kappa shape index (κ3) is 2.21. The number of rotatable bonds is 3. The highest BCUT2D eigenvalue weighted by atomic mass is 19.1. The number of phenols is 1. The summed E-state index contributed by atoms with van der Waals surface area (Å²) in [5, 5.41) is 20.6. The predicted molar refractivity (Wildman–Crippen MR) is 50.1 cm³/mol. The summed E-state index contributed by atoms with van der Waals surface area (Å²) >= 11 is 0. The number of nitriles is 1. The molecule has 1 aromatic carbocycles. The Bertz CT molecular complexity index is 360. The highest BCUT2D eigenvalue weighted by Crippen LogP contribution is 2.20. The smallest absolute Gasteiger partial charge is 0.165 e. The molecule has 74 valence electrons. The average Bonchev–Trinajstić information content (AvgIpc) is 2.19. The SMILES string of the molecule is CCNC(C#N)c1ccc(O)c(F)c1. The fraction of sp³-hybridized carbons (Fsp3) is 0.300. The van der Waals surface area contributed by atoms with Gasteiger partial charge in [0.15, 0.2) is 11.6 Å². The van der Waals surface area contributed by atoms with Crippen LogP contribution in [0.2, 0.25) is 0 Å². The minimum absolute atomic E-state index is 0.401. The first-order chi connectivity index (χ1) is 6.69. The lowest BCUT2D eigenvalue weighted by Gasteiger charge is -2.10. The van der Waals surface area contributed by atoms with E-state index in [1.165, 1.54) is 12.1 Å². The molecule has 1 aromatic rings. The van der Waals surface area contributed by atoms with E-state index >= 15 is 0 Å². The number of nitrogens with zero attached hydrogens (tertiary/aromatic N) is 1. The normalized spacial score (nSPS) is 12.1. The second-order valence-corrected chi connectivity index (χ2v) is 2.83. The topological polar surface area (TPSA) is 56.0 Å². The van der Waals surface area contributed by atoms with Crippen LogP contribution in [0.25, 0.3) is 0 Å². The molecule has 14 heavy (non-hydrogen) atoms. The van der Waals surface area contributed by atoms with Crippen molar-refractivity contribution in [1.82, 2.24) is 5.32 Å². The molecule has 0 bridgehead atoms. The largest absolute Gasteiger partial charge is 0.505 e. The standard InChI is InChI=1S/C10H11FN2O/c1-2-13-9(6-12)7-3-4-10(14)8(11)5-7/h3-5,9,13-14H,2H2,1H3. The molecule has 0 saturated heterocycles. The van der Waals surface area contributed by atoms with E-state index in [0.717, 1.165) is 6.07 Å². The van der Waals surface area contributed by atoms with Gasteiger partial charge in [-0.3, -0.25) is 5.32 Å². The van der Waals surface area contributed by atoms with Gasteiger partial charge in [0.25, 0.3) is 0 Å². The molecule has 0 aromatic heterocycles. The molecule has 0 aliphatic carbocycles. The van der Waals surface area contributed by atoms with Crippen molar-refractivity contribution in [3.63, 3.8) is 0 Å². The maximum atomic E-state index is 12.9. The summed E-state index contributed by atoms with van der Waals surface area (Å²) in [6.45, 7) is 2.49. The van der Waals surface area contributed by atoms with E-state index < -0.39 is 17.6 Å². The average molecular weight is 194 g/mol. The second-order valence-electron chi connectivity index (χ2n) is 2.83. The van der Waals surface area contributed by atoms with Gasteiger partial charge in [0.1, 0.15) is 6.04 Å². The van der Waals surface area contributed by atoms with Crippen LogP contribution in [0.5, 0.6) is 5.75 Å². The second kappa shape index (κ2) is 4.58. The number of phenolic OH excluding ortho intramolecular Hbond substituents is 1. The van der Waals surface area contributed by atoms with Crippen LogP contribution in [0.3, 0.4) is 0 Å². The summed E-state index contributed by atoms with van der Waals surface area (Å²) < 4.78 is 12.9. The third-order valence-corrected chi connectivity index (χ3v) is 1.84. The van der Waals surface area contributed by atoms with Crippen LogP contribution in [-0.4, -0.2) is 11.7 Å². The molecule has 0 spiro atoms. The van der Waals surface area contributed by atoms with Gasteiger partial charge in [-0.2, -0.15) is 5.26 Å². The van der Waals surface area contributed by atoms with E-state index in [1.54, 1.807) is 0 Å². The molecule has 0 amide bonds. The van der Waals surface area contributed by atoms with Gasteiger partial charge >= 0.3 is 0 Å². The molecule has 1 rings (SSSR count). The molecule has 0 fully saturated rings. The van der Waals surface area contributed by atoms with Crippen molar-refractivity contribution >= 4 is 0 Å². The minimum atomic E-state index is -0.708. The van der Waals surface area contributed by atoms with E-state index in [0.29, 0.717) is 12.1 Å². The fourth-order valence-electron chi connectivity index (χ4n) is 1.14. The molecule has 2 N–H and O–H groups in total. The van der Waals surface area contributed by atoms with Crippen LogP contribution in [0, 0.1) is 17.1 Å². The molecular formula is C10H11FN2O. The van der Waals surface area contributed by atoms with Gasteiger partial charge in [0.05, 0.1) is 6.07 Å². The molecule has 1 atom stereocenters. The van der Waals surface area contributed by atoms with Crippen LogP contribution in [0.1, 0.15) is 18.5 Å². The van der Waals surface area contributed by atoms with Crippen LogP contribution in [0.15, 0.2) is 18.2 Å². The van der Waals surface area contributed by atoms with Crippen LogP contribution >= 0.6 is 0 Å². The summed E-state index contributed by atoms with van der Waals surface area (Å²) in [7, 11) is 0. The molecule has 0 aliphatic heterocycles. The molecule has 0 heterocycles. The van der Waals surface area contributed by atoms with Gasteiger partial charge in [-0.25, -0.2) is 4.39 Å². The Labute approximate surface area is 81.8 Å². The predicted octanol–water partition coefficient (Wildman–Crippen LogP) is 1.71. The molecule has 0 saturated carbocycles. The van der Waals surface area contributed by atoms with Crippen LogP contribution < -0.4 is 5.32 Å². The quantitative estimate of drug-likeness (QED) is 0.770. The van der Waals surface area contributed by atoms with Gasteiger partial charge < -0.3 is 5.11 Å². The molecule has 1 unspecified atom stereocenters. The van der Waals surface area contributed by atoms with Crippen molar-refractivity contribution < 1.29 is 9.50 Å². The first-order valence-electron chi connectivity index (χ1n) is 4.30. The number of halogens is 1. The molecule has 3 nitrogen and oxygen atoms in total. The summed E-state index contributed by atoms with van der Waals surface area (Å²) in [6, 6.07) is 5.40. The Kier molecular flexibility index (Phi) is 3.43. The van der Waals surface area contributed by atoms with Crippen LogP contribution in [0.4, 0.5) is 4.39 Å². The number of aromatic hydroxyl groups is 1.